The lowest BCUT2D eigenvalue weighted by molar-refractivity contribution is -0.123. The van der Waals surface area contributed by atoms with Gasteiger partial charge in [-0.05, 0) is 42.2 Å². The summed E-state index contributed by atoms with van der Waals surface area (Å²) in [5.41, 5.74) is 2.11. The zero-order valence-corrected chi connectivity index (χ0v) is 17.4. The highest BCUT2D eigenvalue weighted by atomic mass is 32.1. The van der Waals surface area contributed by atoms with Crippen molar-refractivity contribution in [3.63, 3.8) is 0 Å². The Morgan fingerprint density at radius 3 is 2.73 bits per heavy atom. The molecule has 1 aliphatic heterocycles. The number of nitrogens with one attached hydrogen (secondary N) is 1. The van der Waals surface area contributed by atoms with E-state index in [1.165, 1.54) is 16.9 Å². The molecule has 2 aromatic carbocycles. The Kier molecular flexibility index (Phi) is 6.39. The van der Waals surface area contributed by atoms with Crippen LogP contribution in [-0.4, -0.2) is 30.2 Å². The van der Waals surface area contributed by atoms with Crippen LogP contribution in [-0.2, 0) is 17.8 Å². The fourth-order valence-electron chi connectivity index (χ4n) is 3.23. The minimum absolute atomic E-state index is 0.0194. The number of nitrogens with zero attached hydrogens (tertiary/aromatic N) is 2. The van der Waals surface area contributed by atoms with Gasteiger partial charge >= 0.3 is 0 Å². The van der Waals surface area contributed by atoms with E-state index in [4.69, 9.17) is 4.74 Å². The number of fused-ring (bicyclic) bond motifs is 1. The van der Waals surface area contributed by atoms with Gasteiger partial charge in [0.05, 0.1) is 4.53 Å². The Hall–Kier alpha value is -3.19. The monoisotopic (exact) mass is 421 g/mol. The molecule has 154 valence electrons. The van der Waals surface area contributed by atoms with E-state index in [1.807, 2.05) is 48.5 Å². The average Bonchev–Trinajstić information content (AvgIpc) is 3.09. The van der Waals surface area contributed by atoms with Crippen LogP contribution in [0, 0.1) is 0 Å². The number of amides is 1. The molecule has 0 saturated carbocycles. The molecule has 0 bridgehead atoms. The van der Waals surface area contributed by atoms with Gasteiger partial charge in [-0.15, -0.1) is 0 Å². The van der Waals surface area contributed by atoms with E-state index in [2.05, 4.69) is 10.3 Å². The van der Waals surface area contributed by atoms with E-state index >= 15 is 0 Å². The van der Waals surface area contributed by atoms with Gasteiger partial charge < -0.3 is 10.1 Å². The molecule has 6 nitrogen and oxygen atoms in total. The highest BCUT2D eigenvalue weighted by Crippen LogP contribution is 2.12. The summed E-state index contributed by atoms with van der Waals surface area (Å²) in [6, 6.07) is 17.4. The molecule has 0 unspecified atom stereocenters. The van der Waals surface area contributed by atoms with Gasteiger partial charge in [0.15, 0.2) is 11.4 Å². The fraction of sp³-hybridized carbons (Fsp3) is 0.261. The van der Waals surface area contributed by atoms with Crippen molar-refractivity contribution in [3.05, 3.63) is 85.4 Å². The third-order valence-electron chi connectivity index (χ3n) is 4.80. The van der Waals surface area contributed by atoms with Gasteiger partial charge in [0.2, 0.25) is 0 Å². The molecule has 0 atom stereocenters. The van der Waals surface area contributed by atoms with Crippen LogP contribution in [0.4, 0.5) is 0 Å². The van der Waals surface area contributed by atoms with Crippen molar-refractivity contribution < 1.29 is 9.53 Å². The Balaban J connectivity index is 1.30. The maximum atomic E-state index is 12.5. The van der Waals surface area contributed by atoms with Crippen molar-refractivity contribution in [1.29, 1.82) is 0 Å². The number of hydrogen-bond donors (Lipinski definition) is 1. The van der Waals surface area contributed by atoms with E-state index in [1.54, 1.807) is 16.7 Å². The summed E-state index contributed by atoms with van der Waals surface area (Å²) in [7, 11) is 0. The van der Waals surface area contributed by atoms with Crippen molar-refractivity contribution in [3.8, 4) is 5.75 Å². The van der Waals surface area contributed by atoms with Crippen LogP contribution in [0.25, 0.3) is 6.08 Å². The van der Waals surface area contributed by atoms with Crippen molar-refractivity contribution >= 4 is 23.3 Å². The van der Waals surface area contributed by atoms with E-state index in [9.17, 15) is 9.59 Å². The lowest BCUT2D eigenvalue weighted by atomic mass is 10.1. The van der Waals surface area contributed by atoms with Crippen molar-refractivity contribution in [2.24, 2.45) is 4.99 Å². The first-order valence-corrected chi connectivity index (χ1v) is 10.8. The predicted octanol–water partition coefficient (Wildman–Crippen LogP) is 1.50. The topological polar surface area (TPSA) is 72.7 Å². The molecule has 0 fully saturated rings. The SMILES string of the molecule is O=C(COc1ccc(/C=c2/sc3n(c2=O)CCCN=3)cc1)NCCc1ccccc1. The molecule has 0 spiro atoms. The van der Waals surface area contributed by atoms with Gasteiger partial charge in [0.1, 0.15) is 5.75 Å². The minimum Gasteiger partial charge on any atom is -0.484 e. The number of benzene rings is 2. The fourth-order valence-corrected chi connectivity index (χ4v) is 4.26. The molecule has 1 aliphatic rings. The largest absolute Gasteiger partial charge is 0.484 e. The number of ether oxygens (including phenoxy) is 1. The van der Waals surface area contributed by atoms with Crippen LogP contribution in [0.15, 0.2) is 64.4 Å². The Morgan fingerprint density at radius 2 is 1.97 bits per heavy atom. The molecular weight excluding hydrogens is 398 g/mol. The second kappa shape index (κ2) is 9.54. The summed E-state index contributed by atoms with van der Waals surface area (Å²) < 4.78 is 7.99. The van der Waals surface area contributed by atoms with Crippen molar-refractivity contribution in [2.75, 3.05) is 19.7 Å². The number of carbonyl (C=O) groups excluding carboxylic acids is 1. The van der Waals surface area contributed by atoms with Crippen LogP contribution >= 0.6 is 11.3 Å². The van der Waals surface area contributed by atoms with Gasteiger partial charge in [0, 0.05) is 19.6 Å². The molecule has 0 aliphatic carbocycles. The lowest BCUT2D eigenvalue weighted by Gasteiger charge is -2.08. The molecule has 0 saturated heterocycles. The van der Waals surface area contributed by atoms with Crippen LogP contribution in [0.1, 0.15) is 17.5 Å². The second-order valence-electron chi connectivity index (χ2n) is 7.03. The molecule has 3 aromatic rings. The van der Waals surface area contributed by atoms with Crippen LogP contribution in [0.2, 0.25) is 0 Å². The van der Waals surface area contributed by atoms with Crippen LogP contribution in [0.3, 0.4) is 0 Å². The van der Waals surface area contributed by atoms with Gasteiger partial charge in [-0.3, -0.25) is 19.1 Å². The van der Waals surface area contributed by atoms with Crippen molar-refractivity contribution in [2.45, 2.75) is 19.4 Å². The summed E-state index contributed by atoms with van der Waals surface area (Å²) in [4.78, 5) is 29.6. The minimum atomic E-state index is -0.150. The third kappa shape index (κ3) is 5.04. The molecule has 1 aromatic heterocycles. The Labute approximate surface area is 178 Å². The highest BCUT2D eigenvalue weighted by Gasteiger charge is 2.08. The molecule has 30 heavy (non-hydrogen) atoms. The summed E-state index contributed by atoms with van der Waals surface area (Å²) in [5.74, 6) is 0.463. The number of hydrogen-bond acceptors (Lipinski definition) is 5. The quantitative estimate of drug-likeness (QED) is 0.628. The van der Waals surface area contributed by atoms with Gasteiger partial charge in [-0.2, -0.15) is 0 Å². The molecular formula is C23H23N3O3S. The maximum Gasteiger partial charge on any atom is 0.270 e. The molecule has 1 amide bonds. The second-order valence-corrected chi connectivity index (χ2v) is 8.04. The third-order valence-corrected chi connectivity index (χ3v) is 5.85. The van der Waals surface area contributed by atoms with E-state index in [0.29, 0.717) is 16.8 Å². The first-order chi connectivity index (χ1) is 14.7. The lowest BCUT2D eigenvalue weighted by Crippen LogP contribution is -2.33. The number of carbonyl (C=O) groups is 1. The molecule has 2 heterocycles. The van der Waals surface area contributed by atoms with E-state index < -0.39 is 0 Å². The van der Waals surface area contributed by atoms with E-state index in [-0.39, 0.29) is 18.1 Å². The average molecular weight is 422 g/mol. The normalized spacial score (nSPS) is 13.4. The first kappa shape index (κ1) is 20.1. The van der Waals surface area contributed by atoms with Crippen molar-refractivity contribution in [1.82, 2.24) is 9.88 Å². The zero-order valence-electron chi connectivity index (χ0n) is 16.5. The van der Waals surface area contributed by atoms with Gasteiger partial charge in [-0.1, -0.05) is 53.8 Å². The van der Waals surface area contributed by atoms with Crippen LogP contribution < -0.4 is 24.9 Å². The summed E-state index contributed by atoms with van der Waals surface area (Å²) in [5, 5.41) is 2.86. The van der Waals surface area contributed by atoms with E-state index in [0.717, 1.165) is 36.3 Å². The molecule has 0 radical (unpaired) electrons. The Bertz CT molecular complexity index is 1180. The molecule has 7 heteroatoms. The number of aromatic nitrogens is 1. The predicted molar refractivity (Wildman–Crippen MR) is 118 cm³/mol. The maximum absolute atomic E-state index is 12.5. The Morgan fingerprint density at radius 1 is 1.17 bits per heavy atom. The standard InChI is InChI=1S/C23H23N3O3S/c27-21(24-13-11-17-5-2-1-3-6-17)16-29-19-9-7-18(8-10-19)15-20-22(28)26-14-4-12-25-23(26)30-20/h1-3,5-10,15H,4,11-14,16H2,(H,24,27)/b20-15+. The van der Waals surface area contributed by atoms with Gasteiger partial charge in [-0.25, -0.2) is 0 Å². The molecule has 4 rings (SSSR count). The van der Waals surface area contributed by atoms with Crippen LogP contribution in [0.5, 0.6) is 5.75 Å². The summed E-state index contributed by atoms with van der Waals surface area (Å²) >= 11 is 1.43. The highest BCUT2D eigenvalue weighted by molar-refractivity contribution is 7.07. The zero-order chi connectivity index (χ0) is 20.8. The number of thiazole rings is 1. The smallest absolute Gasteiger partial charge is 0.270 e. The number of rotatable bonds is 7. The molecule has 1 N–H and O–H groups in total. The summed E-state index contributed by atoms with van der Waals surface area (Å²) in [6.07, 6.45) is 3.57. The van der Waals surface area contributed by atoms with Gasteiger partial charge in [0.25, 0.3) is 11.5 Å². The first-order valence-electron chi connectivity index (χ1n) is 9.98. The summed E-state index contributed by atoms with van der Waals surface area (Å²) in [6.45, 7) is 2.07.